The van der Waals surface area contributed by atoms with Crippen molar-refractivity contribution in [3.8, 4) is 16.9 Å². The Bertz CT molecular complexity index is 1880. The summed E-state index contributed by atoms with van der Waals surface area (Å²) in [6.45, 7) is 2.61. The minimum absolute atomic E-state index is 0.191. The number of hydrogen-bond acceptors (Lipinski definition) is 7. The maximum Gasteiger partial charge on any atom is 0.243 e. The molecule has 1 aromatic heterocycles. The van der Waals surface area contributed by atoms with E-state index < -0.39 is 10.0 Å². The van der Waals surface area contributed by atoms with E-state index >= 15 is 0 Å². The minimum atomic E-state index is -3.53. The van der Waals surface area contributed by atoms with Gasteiger partial charge in [-0.05, 0) is 78.3 Å². The van der Waals surface area contributed by atoms with Crippen molar-refractivity contribution in [2.24, 2.45) is 0 Å². The smallest absolute Gasteiger partial charge is 0.243 e. The van der Waals surface area contributed by atoms with Crippen LogP contribution in [-0.2, 0) is 16.6 Å². The maximum atomic E-state index is 13.4. The van der Waals surface area contributed by atoms with Gasteiger partial charge >= 0.3 is 0 Å². The van der Waals surface area contributed by atoms with Gasteiger partial charge in [0.25, 0.3) is 0 Å². The van der Waals surface area contributed by atoms with E-state index in [4.69, 9.17) is 16.3 Å². The molecular formula is C32H29ClFN5O3S. The molecule has 0 spiro atoms. The van der Waals surface area contributed by atoms with Gasteiger partial charge in [0, 0.05) is 42.6 Å². The van der Waals surface area contributed by atoms with Crippen LogP contribution in [0.5, 0.6) is 5.75 Å². The summed E-state index contributed by atoms with van der Waals surface area (Å²) in [4.78, 5) is 2.42. The van der Waals surface area contributed by atoms with Crippen molar-refractivity contribution in [2.75, 3.05) is 38.5 Å². The van der Waals surface area contributed by atoms with E-state index in [1.54, 1.807) is 46.9 Å². The molecule has 11 heteroatoms. The number of hydrogen-bond donors (Lipinski definition) is 1. The Kier molecular flexibility index (Phi) is 8.27. The molecule has 1 N–H and O–H groups in total. The first-order valence-corrected chi connectivity index (χ1v) is 15.6. The van der Waals surface area contributed by atoms with Crippen molar-refractivity contribution in [2.45, 2.75) is 11.5 Å². The van der Waals surface area contributed by atoms with Gasteiger partial charge in [-0.3, -0.25) is 0 Å². The summed E-state index contributed by atoms with van der Waals surface area (Å²) in [6.07, 6.45) is 1.69. The second-order valence-electron chi connectivity index (χ2n) is 10.4. The molecule has 0 amide bonds. The number of benzene rings is 4. The fraction of sp³-hybridized carbons (Fsp3) is 0.188. The fourth-order valence-corrected chi connectivity index (χ4v) is 6.63. The minimum Gasteiger partial charge on any atom is -0.487 e. The number of nitrogens with one attached hydrogen (secondary N) is 1. The molecule has 0 unspecified atom stereocenters. The number of anilines is 2. The normalized spacial score (nSPS) is 14.6. The Hall–Kier alpha value is -4.09. The van der Waals surface area contributed by atoms with E-state index in [1.165, 1.54) is 12.1 Å². The monoisotopic (exact) mass is 617 g/mol. The van der Waals surface area contributed by atoms with Gasteiger partial charge in [0.1, 0.15) is 18.2 Å². The van der Waals surface area contributed by atoms with Gasteiger partial charge in [-0.15, -0.1) is 5.10 Å². The van der Waals surface area contributed by atoms with Crippen LogP contribution in [0.2, 0.25) is 5.02 Å². The van der Waals surface area contributed by atoms with E-state index in [1.807, 2.05) is 43.4 Å². The van der Waals surface area contributed by atoms with Crippen LogP contribution in [0.1, 0.15) is 5.56 Å². The number of rotatable bonds is 8. The average Bonchev–Trinajstić information content (AvgIpc) is 3.01. The molecule has 1 aliphatic heterocycles. The lowest BCUT2D eigenvalue weighted by molar-refractivity contribution is 0.222. The van der Waals surface area contributed by atoms with Gasteiger partial charge in [-0.25, -0.2) is 12.8 Å². The van der Waals surface area contributed by atoms with Gasteiger partial charge in [-0.2, -0.15) is 9.40 Å². The molecule has 5 aromatic rings. The van der Waals surface area contributed by atoms with E-state index in [0.717, 1.165) is 35.0 Å². The molecule has 0 aliphatic carbocycles. The average molecular weight is 618 g/mol. The fourth-order valence-electron chi connectivity index (χ4n) is 4.98. The molecule has 0 atom stereocenters. The molecule has 0 saturated carbocycles. The van der Waals surface area contributed by atoms with Crippen molar-refractivity contribution < 1.29 is 17.5 Å². The van der Waals surface area contributed by atoms with E-state index in [9.17, 15) is 12.8 Å². The van der Waals surface area contributed by atoms with Crippen molar-refractivity contribution >= 4 is 43.9 Å². The van der Waals surface area contributed by atoms with Gasteiger partial charge in [0.2, 0.25) is 10.0 Å². The predicted molar refractivity (Wildman–Crippen MR) is 167 cm³/mol. The van der Waals surface area contributed by atoms with Crippen molar-refractivity contribution in [3.63, 3.8) is 0 Å². The van der Waals surface area contributed by atoms with Crippen LogP contribution in [0.4, 0.5) is 15.9 Å². The molecule has 6 rings (SSSR count). The number of sulfonamides is 1. The highest BCUT2D eigenvalue weighted by molar-refractivity contribution is 7.89. The van der Waals surface area contributed by atoms with Crippen molar-refractivity contribution in [3.05, 3.63) is 108 Å². The van der Waals surface area contributed by atoms with Crippen molar-refractivity contribution in [1.29, 1.82) is 0 Å². The maximum absolute atomic E-state index is 13.4. The Morgan fingerprint density at radius 3 is 2.44 bits per heavy atom. The van der Waals surface area contributed by atoms with Crippen LogP contribution < -0.4 is 10.1 Å². The summed E-state index contributed by atoms with van der Waals surface area (Å²) in [5, 5.41) is 13.8. The molecule has 0 bridgehead atoms. The summed E-state index contributed by atoms with van der Waals surface area (Å²) in [7, 11) is -1.53. The summed E-state index contributed by atoms with van der Waals surface area (Å²) < 4.78 is 47.0. The zero-order valence-electron chi connectivity index (χ0n) is 23.4. The summed E-state index contributed by atoms with van der Waals surface area (Å²) in [5.74, 6) is 0.717. The lowest BCUT2D eigenvalue weighted by Gasteiger charge is -2.31. The molecule has 1 aliphatic rings. The Labute approximate surface area is 254 Å². The van der Waals surface area contributed by atoms with E-state index in [-0.39, 0.29) is 12.4 Å². The molecule has 0 radical (unpaired) electrons. The Balaban J connectivity index is 1.17. The molecule has 1 fully saturated rings. The number of fused-ring (bicyclic) bond motifs is 1. The SMILES string of the molecule is CN1CCN(S(=O)(=O)c2ccc(-c3ccc4c(Nc5ccc(OCc6cccc(F)c6)c(Cl)c5)nncc4c3)cc2)CC1. The quantitative estimate of drug-likeness (QED) is 0.217. The second kappa shape index (κ2) is 12.3. The van der Waals surface area contributed by atoms with E-state index in [0.29, 0.717) is 45.8 Å². The van der Waals surface area contributed by atoms with Crippen LogP contribution in [0.3, 0.4) is 0 Å². The lowest BCUT2D eigenvalue weighted by atomic mass is 10.0. The molecule has 43 heavy (non-hydrogen) atoms. The first-order valence-electron chi connectivity index (χ1n) is 13.7. The standard InChI is InChI=1S/C32H29ClFN5O3S/c1-38-13-15-39(16-14-38)43(40,41)28-9-5-23(6-10-28)24-7-11-29-25(18-24)20-35-37-32(29)36-27-8-12-31(30(33)19-27)42-21-22-3-2-4-26(34)17-22/h2-12,17-20H,13-16,21H2,1H3,(H,36,37). The largest absolute Gasteiger partial charge is 0.487 e. The number of nitrogens with zero attached hydrogens (tertiary/aromatic N) is 4. The van der Waals surface area contributed by atoms with Crippen LogP contribution in [0, 0.1) is 5.82 Å². The summed E-state index contributed by atoms with van der Waals surface area (Å²) >= 11 is 6.47. The van der Waals surface area contributed by atoms with E-state index in [2.05, 4.69) is 20.4 Å². The summed E-state index contributed by atoms with van der Waals surface area (Å²) in [6, 6.07) is 24.4. The highest BCUT2D eigenvalue weighted by atomic mass is 35.5. The van der Waals surface area contributed by atoms with Gasteiger partial charge in [-0.1, -0.05) is 41.9 Å². The molecule has 1 saturated heterocycles. The van der Waals surface area contributed by atoms with Gasteiger partial charge in [0.15, 0.2) is 5.82 Å². The third-order valence-electron chi connectivity index (χ3n) is 7.43. The topological polar surface area (TPSA) is 87.7 Å². The van der Waals surface area contributed by atoms with Crippen LogP contribution in [0.15, 0.2) is 96.0 Å². The zero-order chi connectivity index (χ0) is 30.0. The molecule has 8 nitrogen and oxygen atoms in total. The van der Waals surface area contributed by atoms with Gasteiger partial charge in [0.05, 0.1) is 16.1 Å². The van der Waals surface area contributed by atoms with Crippen LogP contribution >= 0.6 is 11.6 Å². The Morgan fingerprint density at radius 1 is 0.930 bits per heavy atom. The zero-order valence-corrected chi connectivity index (χ0v) is 24.9. The third kappa shape index (κ3) is 6.47. The second-order valence-corrected chi connectivity index (χ2v) is 12.8. The first kappa shape index (κ1) is 29.0. The predicted octanol–water partition coefficient (Wildman–Crippen LogP) is 6.35. The Morgan fingerprint density at radius 2 is 1.70 bits per heavy atom. The molecule has 4 aromatic carbocycles. The number of ether oxygens (including phenoxy) is 1. The highest BCUT2D eigenvalue weighted by Crippen LogP contribution is 2.33. The van der Waals surface area contributed by atoms with Crippen molar-refractivity contribution in [1.82, 2.24) is 19.4 Å². The molecular weight excluding hydrogens is 589 g/mol. The number of piperazine rings is 1. The van der Waals surface area contributed by atoms with Crippen LogP contribution in [0.25, 0.3) is 21.9 Å². The lowest BCUT2D eigenvalue weighted by Crippen LogP contribution is -2.46. The highest BCUT2D eigenvalue weighted by Gasteiger charge is 2.27. The first-order chi connectivity index (χ1) is 20.8. The van der Waals surface area contributed by atoms with Crippen LogP contribution in [-0.4, -0.2) is 61.0 Å². The summed E-state index contributed by atoms with van der Waals surface area (Å²) in [5.41, 5.74) is 3.23. The molecule has 220 valence electrons. The molecule has 2 heterocycles. The number of aromatic nitrogens is 2. The number of likely N-dealkylation sites (N-methyl/N-ethyl adjacent to an activating group) is 1. The number of halogens is 2. The third-order valence-corrected chi connectivity index (χ3v) is 9.64. The van der Waals surface area contributed by atoms with Gasteiger partial charge < -0.3 is 15.0 Å².